The van der Waals surface area contributed by atoms with E-state index in [1.807, 2.05) is 19.1 Å². The van der Waals surface area contributed by atoms with Crippen molar-refractivity contribution in [3.8, 4) is 0 Å². The predicted octanol–water partition coefficient (Wildman–Crippen LogP) is 3.45. The zero-order chi connectivity index (χ0) is 12.0. The van der Waals surface area contributed by atoms with Crippen LogP contribution in [0.1, 0.15) is 37.8 Å². The summed E-state index contributed by atoms with van der Waals surface area (Å²) < 4.78 is 13.5. The third kappa shape index (κ3) is 3.93. The van der Waals surface area contributed by atoms with E-state index >= 15 is 0 Å². The first-order chi connectivity index (χ1) is 7.67. The first-order valence-electron chi connectivity index (χ1n) is 6.15. The van der Waals surface area contributed by atoms with Crippen LogP contribution in [0.25, 0.3) is 0 Å². The van der Waals surface area contributed by atoms with Crippen molar-refractivity contribution in [1.29, 1.82) is 0 Å². The molecule has 0 saturated heterocycles. The topological polar surface area (TPSA) is 12.0 Å². The summed E-state index contributed by atoms with van der Waals surface area (Å²) in [6, 6.07) is 5.85. The highest BCUT2D eigenvalue weighted by molar-refractivity contribution is 5.24. The van der Waals surface area contributed by atoms with Crippen molar-refractivity contribution >= 4 is 0 Å². The van der Waals surface area contributed by atoms with Gasteiger partial charge in [-0.25, -0.2) is 4.39 Å². The maximum atomic E-state index is 13.5. The highest BCUT2D eigenvalue weighted by Crippen LogP contribution is 2.13. The molecule has 1 N–H and O–H groups in total. The van der Waals surface area contributed by atoms with E-state index < -0.39 is 0 Å². The van der Waals surface area contributed by atoms with Crippen LogP contribution in [0.5, 0.6) is 0 Å². The third-order valence-corrected chi connectivity index (χ3v) is 2.95. The van der Waals surface area contributed by atoms with Gasteiger partial charge in [-0.1, -0.05) is 31.5 Å². The van der Waals surface area contributed by atoms with Gasteiger partial charge < -0.3 is 5.32 Å². The maximum Gasteiger partial charge on any atom is 0.126 e. The first kappa shape index (κ1) is 13.2. The number of aryl methyl sites for hydroxylation is 2. The van der Waals surface area contributed by atoms with E-state index in [9.17, 15) is 4.39 Å². The third-order valence-electron chi connectivity index (χ3n) is 2.95. The molecule has 1 aromatic carbocycles. The molecule has 1 unspecified atom stereocenters. The molecule has 0 aliphatic carbocycles. The number of hydrogen-bond donors (Lipinski definition) is 1. The molecule has 1 aromatic rings. The lowest BCUT2D eigenvalue weighted by Crippen LogP contribution is -2.28. The van der Waals surface area contributed by atoms with Crippen LogP contribution in [0.15, 0.2) is 18.2 Å². The summed E-state index contributed by atoms with van der Waals surface area (Å²) in [5, 5.41) is 3.41. The molecular formula is C14H22FN. The van der Waals surface area contributed by atoms with Gasteiger partial charge in [-0.15, -0.1) is 0 Å². The summed E-state index contributed by atoms with van der Waals surface area (Å²) in [6.45, 7) is 7.26. The van der Waals surface area contributed by atoms with Crippen LogP contribution < -0.4 is 5.32 Å². The molecule has 0 saturated carbocycles. The van der Waals surface area contributed by atoms with Gasteiger partial charge in [-0.2, -0.15) is 0 Å². The Kier molecular flexibility index (Phi) is 5.47. The highest BCUT2D eigenvalue weighted by Gasteiger charge is 2.07. The lowest BCUT2D eigenvalue weighted by Gasteiger charge is -2.15. The normalized spacial score (nSPS) is 12.8. The van der Waals surface area contributed by atoms with E-state index in [1.54, 1.807) is 6.07 Å². The SMILES string of the molecule is CCNC(CC)CCc1cc(C)ccc1F. The summed E-state index contributed by atoms with van der Waals surface area (Å²) in [5.74, 6) is -0.0723. The summed E-state index contributed by atoms with van der Waals surface area (Å²) in [7, 11) is 0. The monoisotopic (exact) mass is 223 g/mol. The van der Waals surface area contributed by atoms with Gasteiger partial charge in [-0.3, -0.25) is 0 Å². The molecule has 2 heteroatoms. The minimum Gasteiger partial charge on any atom is -0.314 e. The number of halogens is 1. The molecule has 1 atom stereocenters. The maximum absolute atomic E-state index is 13.5. The highest BCUT2D eigenvalue weighted by atomic mass is 19.1. The molecule has 1 nitrogen and oxygen atoms in total. The minimum absolute atomic E-state index is 0.0723. The van der Waals surface area contributed by atoms with Crippen LogP contribution in [0.2, 0.25) is 0 Å². The second kappa shape index (κ2) is 6.64. The molecule has 0 radical (unpaired) electrons. The van der Waals surface area contributed by atoms with Crippen LogP contribution >= 0.6 is 0 Å². The van der Waals surface area contributed by atoms with Gasteiger partial charge in [0.15, 0.2) is 0 Å². The average molecular weight is 223 g/mol. The van der Waals surface area contributed by atoms with Crippen LogP contribution in [-0.2, 0) is 6.42 Å². The van der Waals surface area contributed by atoms with Crippen LogP contribution in [-0.4, -0.2) is 12.6 Å². The lowest BCUT2D eigenvalue weighted by molar-refractivity contribution is 0.475. The molecular weight excluding hydrogens is 201 g/mol. The molecule has 0 fully saturated rings. The molecule has 0 aliphatic heterocycles. The van der Waals surface area contributed by atoms with Crippen LogP contribution in [0.4, 0.5) is 4.39 Å². The van der Waals surface area contributed by atoms with Gasteiger partial charge in [0.1, 0.15) is 5.82 Å². The smallest absolute Gasteiger partial charge is 0.126 e. The van der Waals surface area contributed by atoms with E-state index in [0.717, 1.165) is 36.9 Å². The summed E-state index contributed by atoms with van der Waals surface area (Å²) in [5.41, 5.74) is 1.98. The summed E-state index contributed by atoms with van der Waals surface area (Å²) in [4.78, 5) is 0. The van der Waals surface area contributed by atoms with Gasteiger partial charge in [-0.05, 0) is 44.4 Å². The van der Waals surface area contributed by atoms with E-state index in [4.69, 9.17) is 0 Å². The molecule has 1 rings (SSSR count). The second-order valence-corrected chi connectivity index (χ2v) is 4.30. The Morgan fingerprint density at radius 3 is 2.69 bits per heavy atom. The Hall–Kier alpha value is -0.890. The molecule has 0 heterocycles. The Morgan fingerprint density at radius 2 is 2.06 bits per heavy atom. The molecule has 90 valence electrons. The van der Waals surface area contributed by atoms with Gasteiger partial charge in [0.05, 0.1) is 0 Å². The van der Waals surface area contributed by atoms with E-state index in [1.165, 1.54) is 0 Å². The molecule has 0 spiro atoms. The molecule has 16 heavy (non-hydrogen) atoms. The molecule has 0 bridgehead atoms. The van der Waals surface area contributed by atoms with Gasteiger partial charge in [0.25, 0.3) is 0 Å². The summed E-state index contributed by atoms with van der Waals surface area (Å²) in [6.07, 6.45) is 2.92. The molecule has 0 aromatic heterocycles. The standard InChI is InChI=1S/C14H22FN/c1-4-13(16-5-2)8-7-12-10-11(3)6-9-14(12)15/h6,9-10,13,16H,4-5,7-8H2,1-3H3. The zero-order valence-corrected chi connectivity index (χ0v) is 10.5. The quantitative estimate of drug-likeness (QED) is 0.779. The van der Waals surface area contributed by atoms with Gasteiger partial charge >= 0.3 is 0 Å². The van der Waals surface area contributed by atoms with Crippen molar-refractivity contribution in [3.63, 3.8) is 0 Å². The molecule has 0 aliphatic rings. The van der Waals surface area contributed by atoms with Gasteiger partial charge in [0.2, 0.25) is 0 Å². The lowest BCUT2D eigenvalue weighted by atomic mass is 10.0. The number of benzene rings is 1. The molecule has 0 amide bonds. The number of rotatable bonds is 6. The fourth-order valence-electron chi connectivity index (χ4n) is 1.96. The average Bonchev–Trinajstić information content (AvgIpc) is 2.28. The zero-order valence-electron chi connectivity index (χ0n) is 10.5. The number of hydrogen-bond acceptors (Lipinski definition) is 1. The minimum atomic E-state index is -0.0723. The van der Waals surface area contributed by atoms with Crippen molar-refractivity contribution in [3.05, 3.63) is 35.1 Å². The van der Waals surface area contributed by atoms with Crippen molar-refractivity contribution in [2.45, 2.75) is 46.1 Å². The van der Waals surface area contributed by atoms with Gasteiger partial charge in [0, 0.05) is 6.04 Å². The van der Waals surface area contributed by atoms with Crippen LogP contribution in [0.3, 0.4) is 0 Å². The number of nitrogens with one attached hydrogen (secondary N) is 1. The van der Waals surface area contributed by atoms with Crippen LogP contribution in [0, 0.1) is 12.7 Å². The predicted molar refractivity (Wildman–Crippen MR) is 67.2 cm³/mol. The Morgan fingerprint density at radius 1 is 1.31 bits per heavy atom. The fourth-order valence-corrected chi connectivity index (χ4v) is 1.96. The second-order valence-electron chi connectivity index (χ2n) is 4.30. The van der Waals surface area contributed by atoms with Crippen molar-refractivity contribution in [2.24, 2.45) is 0 Å². The fraction of sp³-hybridized carbons (Fsp3) is 0.571. The van der Waals surface area contributed by atoms with E-state index in [0.29, 0.717) is 6.04 Å². The van der Waals surface area contributed by atoms with E-state index in [2.05, 4.69) is 19.2 Å². The largest absolute Gasteiger partial charge is 0.314 e. The Bertz CT molecular complexity index is 323. The first-order valence-corrected chi connectivity index (χ1v) is 6.15. The van der Waals surface area contributed by atoms with Crippen molar-refractivity contribution in [2.75, 3.05) is 6.54 Å². The van der Waals surface area contributed by atoms with Crippen molar-refractivity contribution < 1.29 is 4.39 Å². The van der Waals surface area contributed by atoms with Crippen molar-refractivity contribution in [1.82, 2.24) is 5.32 Å². The Labute approximate surface area is 98.1 Å². The summed E-state index contributed by atoms with van der Waals surface area (Å²) >= 11 is 0. The van der Waals surface area contributed by atoms with E-state index in [-0.39, 0.29) is 5.82 Å². The Balaban J connectivity index is 2.55.